The zero-order valence-corrected chi connectivity index (χ0v) is 11.9. The smallest absolute Gasteiger partial charge is 0.268 e. The highest BCUT2D eigenvalue weighted by molar-refractivity contribution is 9.11. The number of hydrogen-bond donors (Lipinski definition) is 1. The second kappa shape index (κ2) is 5.12. The molecule has 2 heterocycles. The maximum absolute atomic E-state index is 11.9. The Labute approximate surface area is 115 Å². The number of nitrogens with zero attached hydrogens (tertiary/aromatic N) is 2. The van der Waals surface area contributed by atoms with E-state index in [0.29, 0.717) is 25.3 Å². The number of carbonyl (C=O) groups is 1. The van der Waals surface area contributed by atoms with Crippen LogP contribution < -0.4 is 5.32 Å². The van der Waals surface area contributed by atoms with Crippen molar-refractivity contribution >= 4 is 50.6 Å². The molecule has 0 aliphatic rings. The highest BCUT2D eigenvalue weighted by Crippen LogP contribution is 2.23. The average molecular weight is 333 g/mol. The average Bonchev–Trinajstić information content (AvgIpc) is 2.61. The van der Waals surface area contributed by atoms with Gasteiger partial charge in [0.2, 0.25) is 0 Å². The Bertz CT molecular complexity index is 555. The van der Waals surface area contributed by atoms with Crippen LogP contribution in [0.5, 0.6) is 0 Å². The summed E-state index contributed by atoms with van der Waals surface area (Å²) in [7, 11) is 0. The molecule has 0 aromatic carbocycles. The first kappa shape index (κ1) is 12.5. The van der Waals surface area contributed by atoms with Crippen LogP contribution in [-0.4, -0.2) is 15.9 Å². The van der Waals surface area contributed by atoms with E-state index in [1.54, 1.807) is 19.1 Å². The summed E-state index contributed by atoms with van der Waals surface area (Å²) in [6, 6.07) is 3.31. The van der Waals surface area contributed by atoms with Crippen LogP contribution in [0.1, 0.15) is 15.4 Å². The number of aryl methyl sites for hydroxylation is 1. The molecule has 0 atom stereocenters. The monoisotopic (exact) mass is 331 g/mol. The SMILES string of the molecule is Cc1nc(Br)sc1C(=O)Nc1ccc(Cl)cn1. The molecule has 0 spiro atoms. The standard InChI is InChI=1S/C10H7BrClN3OS/c1-5-8(17-10(11)14-5)9(16)15-7-3-2-6(12)4-13-7/h2-4H,1H3,(H,13,15,16). The number of thiazole rings is 1. The summed E-state index contributed by atoms with van der Waals surface area (Å²) >= 11 is 10.2. The maximum atomic E-state index is 11.9. The van der Waals surface area contributed by atoms with Crippen molar-refractivity contribution < 1.29 is 4.79 Å². The zero-order valence-electron chi connectivity index (χ0n) is 8.70. The number of halogens is 2. The number of aromatic nitrogens is 2. The van der Waals surface area contributed by atoms with Crippen molar-refractivity contribution in [3.63, 3.8) is 0 Å². The van der Waals surface area contributed by atoms with Crippen molar-refractivity contribution in [1.29, 1.82) is 0 Å². The van der Waals surface area contributed by atoms with Gasteiger partial charge in [0, 0.05) is 6.20 Å². The summed E-state index contributed by atoms with van der Waals surface area (Å²) in [4.78, 5) is 20.6. The predicted octanol–water partition coefficient (Wildman–Crippen LogP) is 3.51. The Morgan fingerprint density at radius 1 is 1.53 bits per heavy atom. The van der Waals surface area contributed by atoms with Crippen molar-refractivity contribution in [3.8, 4) is 0 Å². The normalized spacial score (nSPS) is 10.3. The van der Waals surface area contributed by atoms with Crippen LogP contribution in [0.3, 0.4) is 0 Å². The number of hydrogen-bond acceptors (Lipinski definition) is 4. The number of carbonyl (C=O) groups excluding carboxylic acids is 1. The van der Waals surface area contributed by atoms with E-state index in [2.05, 4.69) is 31.2 Å². The lowest BCUT2D eigenvalue weighted by atomic mass is 10.3. The van der Waals surface area contributed by atoms with E-state index in [1.165, 1.54) is 17.5 Å². The van der Waals surface area contributed by atoms with Crippen LogP contribution in [-0.2, 0) is 0 Å². The van der Waals surface area contributed by atoms with Crippen LogP contribution >= 0.6 is 38.9 Å². The molecule has 1 amide bonds. The van der Waals surface area contributed by atoms with Crippen LogP contribution in [0.25, 0.3) is 0 Å². The van der Waals surface area contributed by atoms with Crippen LogP contribution in [0, 0.1) is 6.92 Å². The summed E-state index contributed by atoms with van der Waals surface area (Å²) in [5.74, 6) is 0.240. The van der Waals surface area contributed by atoms with Gasteiger partial charge in [-0.15, -0.1) is 11.3 Å². The van der Waals surface area contributed by atoms with Gasteiger partial charge in [-0.05, 0) is 35.0 Å². The fourth-order valence-corrected chi connectivity index (χ4v) is 2.75. The molecule has 0 unspecified atom stereocenters. The summed E-state index contributed by atoms with van der Waals surface area (Å²) in [5, 5.41) is 3.21. The Balaban J connectivity index is 2.17. The molecule has 88 valence electrons. The number of anilines is 1. The fraction of sp³-hybridized carbons (Fsp3) is 0.100. The van der Waals surface area contributed by atoms with Gasteiger partial charge in [-0.3, -0.25) is 4.79 Å². The van der Waals surface area contributed by atoms with Gasteiger partial charge in [0.05, 0.1) is 10.7 Å². The van der Waals surface area contributed by atoms with Crippen molar-refractivity contribution in [1.82, 2.24) is 9.97 Å². The minimum atomic E-state index is -0.222. The van der Waals surface area contributed by atoms with E-state index in [1.807, 2.05) is 0 Å². The molecule has 4 nitrogen and oxygen atoms in total. The predicted molar refractivity (Wildman–Crippen MR) is 71.8 cm³/mol. The molecular weight excluding hydrogens is 326 g/mol. The van der Waals surface area contributed by atoms with Gasteiger partial charge in [-0.1, -0.05) is 11.6 Å². The maximum Gasteiger partial charge on any atom is 0.268 e. The molecule has 0 aliphatic carbocycles. The lowest BCUT2D eigenvalue weighted by Gasteiger charge is -2.02. The molecule has 0 aliphatic heterocycles. The number of amides is 1. The summed E-state index contributed by atoms with van der Waals surface area (Å²) in [5.41, 5.74) is 0.688. The molecule has 0 fully saturated rings. The lowest BCUT2D eigenvalue weighted by Crippen LogP contribution is -2.12. The summed E-state index contributed by atoms with van der Waals surface area (Å²) < 4.78 is 0.684. The van der Waals surface area contributed by atoms with E-state index < -0.39 is 0 Å². The minimum absolute atomic E-state index is 0.222. The van der Waals surface area contributed by atoms with Gasteiger partial charge >= 0.3 is 0 Å². The van der Waals surface area contributed by atoms with Gasteiger partial charge in [0.1, 0.15) is 10.7 Å². The van der Waals surface area contributed by atoms with Crippen molar-refractivity contribution in [2.24, 2.45) is 0 Å². The Morgan fingerprint density at radius 2 is 2.29 bits per heavy atom. The van der Waals surface area contributed by atoms with Gasteiger partial charge in [-0.2, -0.15) is 0 Å². The van der Waals surface area contributed by atoms with Gasteiger partial charge < -0.3 is 5.32 Å². The molecule has 2 aromatic heterocycles. The van der Waals surface area contributed by atoms with E-state index in [-0.39, 0.29) is 5.91 Å². The Hall–Kier alpha value is -0.980. The molecule has 2 aromatic rings. The number of rotatable bonds is 2. The molecule has 0 radical (unpaired) electrons. The highest BCUT2D eigenvalue weighted by Gasteiger charge is 2.14. The van der Waals surface area contributed by atoms with Crippen molar-refractivity contribution in [2.45, 2.75) is 6.92 Å². The van der Waals surface area contributed by atoms with E-state index in [0.717, 1.165) is 0 Å². The molecule has 0 saturated heterocycles. The highest BCUT2D eigenvalue weighted by atomic mass is 79.9. The van der Waals surface area contributed by atoms with Crippen LogP contribution in [0.2, 0.25) is 5.02 Å². The van der Waals surface area contributed by atoms with Crippen molar-refractivity contribution in [3.05, 3.63) is 37.8 Å². The first-order valence-electron chi connectivity index (χ1n) is 4.62. The first-order chi connectivity index (χ1) is 8.06. The fourth-order valence-electron chi connectivity index (χ4n) is 1.20. The summed E-state index contributed by atoms with van der Waals surface area (Å²) in [6.45, 7) is 1.78. The third-order valence-corrected chi connectivity index (χ3v) is 3.78. The minimum Gasteiger partial charge on any atom is -0.306 e. The molecular formula is C10H7BrClN3OS. The van der Waals surface area contributed by atoms with Gasteiger partial charge in [0.15, 0.2) is 3.92 Å². The lowest BCUT2D eigenvalue weighted by molar-refractivity contribution is 0.102. The first-order valence-corrected chi connectivity index (χ1v) is 6.61. The Kier molecular flexibility index (Phi) is 3.76. The van der Waals surface area contributed by atoms with E-state index >= 15 is 0 Å². The van der Waals surface area contributed by atoms with Crippen LogP contribution in [0.15, 0.2) is 22.2 Å². The number of pyridine rings is 1. The summed E-state index contributed by atoms with van der Waals surface area (Å²) in [6.07, 6.45) is 1.48. The second-order valence-electron chi connectivity index (χ2n) is 3.20. The van der Waals surface area contributed by atoms with Gasteiger partial charge in [0.25, 0.3) is 5.91 Å². The van der Waals surface area contributed by atoms with Crippen molar-refractivity contribution in [2.75, 3.05) is 5.32 Å². The second-order valence-corrected chi connectivity index (χ2v) is 5.91. The third kappa shape index (κ3) is 3.02. The quantitative estimate of drug-likeness (QED) is 0.915. The zero-order chi connectivity index (χ0) is 12.4. The van der Waals surface area contributed by atoms with E-state index in [4.69, 9.17) is 11.6 Å². The number of nitrogens with one attached hydrogen (secondary N) is 1. The van der Waals surface area contributed by atoms with E-state index in [9.17, 15) is 4.79 Å². The topological polar surface area (TPSA) is 54.9 Å². The molecule has 2 rings (SSSR count). The van der Waals surface area contributed by atoms with Crippen LogP contribution in [0.4, 0.5) is 5.82 Å². The molecule has 17 heavy (non-hydrogen) atoms. The molecule has 1 N–H and O–H groups in total. The van der Waals surface area contributed by atoms with Gasteiger partial charge in [-0.25, -0.2) is 9.97 Å². The molecule has 0 bridgehead atoms. The Morgan fingerprint density at radius 3 is 2.82 bits per heavy atom. The third-order valence-electron chi connectivity index (χ3n) is 1.95. The molecule has 7 heteroatoms. The molecule has 0 saturated carbocycles. The largest absolute Gasteiger partial charge is 0.306 e.